The second-order valence-corrected chi connectivity index (χ2v) is 20.0. The molecule has 2 aromatic heterocycles. The highest BCUT2D eigenvalue weighted by molar-refractivity contribution is 8.13. The molecule has 44 heavy (non-hydrogen) atoms. The summed E-state index contributed by atoms with van der Waals surface area (Å²) < 4.78 is 26.5. The summed E-state index contributed by atoms with van der Waals surface area (Å²) in [6.45, 7) is 13.1. The van der Waals surface area contributed by atoms with E-state index in [2.05, 4.69) is 50.7 Å². The summed E-state index contributed by atoms with van der Waals surface area (Å²) in [6, 6.07) is 10.8. The molecular weight excluding hydrogens is 632 g/mol. The van der Waals surface area contributed by atoms with E-state index in [0.717, 1.165) is 34.7 Å². The van der Waals surface area contributed by atoms with Crippen LogP contribution in [-0.2, 0) is 22.0 Å². The molecule has 6 nitrogen and oxygen atoms in total. The van der Waals surface area contributed by atoms with Gasteiger partial charge >= 0.3 is 5.97 Å². The fraction of sp³-hybridized carbons (Fsp3) is 0.455. The van der Waals surface area contributed by atoms with E-state index in [0.29, 0.717) is 36.4 Å². The molecule has 1 aliphatic heterocycles. The zero-order chi connectivity index (χ0) is 31.9. The van der Waals surface area contributed by atoms with Gasteiger partial charge < -0.3 is 9.16 Å². The first kappa shape index (κ1) is 34.4. The van der Waals surface area contributed by atoms with Crippen molar-refractivity contribution in [2.75, 3.05) is 32.5 Å². The van der Waals surface area contributed by atoms with Crippen LogP contribution in [0.5, 0.6) is 0 Å². The standard InChI is InChI=1S/C33H41FN2O4S3Si/c1-33(2,3)44(5,6)40-27(22-25-8-11-29(34)26(21-25)9-7-24-15-19-41-23-24)13-16-35-18-20-42-32(38)36(35)17-14-28-10-12-30(43-28)31(37)39-4/h8,10-12,15,19,21,23,27H,13-14,16-18,20,22H2,1-6H3. The topological polar surface area (TPSA) is 59.1 Å². The summed E-state index contributed by atoms with van der Waals surface area (Å²) in [7, 11) is -0.749. The minimum absolute atomic E-state index is 0.0265. The van der Waals surface area contributed by atoms with Crippen LogP contribution in [0.3, 0.4) is 0 Å². The molecule has 11 heteroatoms. The highest BCUT2D eigenvalue weighted by atomic mass is 32.2. The van der Waals surface area contributed by atoms with Gasteiger partial charge in [0.15, 0.2) is 8.32 Å². The predicted octanol–water partition coefficient (Wildman–Crippen LogP) is 8.09. The van der Waals surface area contributed by atoms with Crippen LogP contribution in [0.25, 0.3) is 0 Å². The Hall–Kier alpha value is -2.46. The van der Waals surface area contributed by atoms with Crippen molar-refractivity contribution >= 4 is 54.0 Å². The van der Waals surface area contributed by atoms with Crippen molar-refractivity contribution in [3.05, 3.63) is 79.4 Å². The molecule has 0 radical (unpaired) electrons. The maximum absolute atomic E-state index is 14.7. The monoisotopic (exact) mass is 672 g/mol. The van der Waals surface area contributed by atoms with Crippen molar-refractivity contribution < 1.29 is 23.1 Å². The molecule has 0 aliphatic carbocycles. The molecule has 4 rings (SSSR count). The number of halogens is 1. The van der Waals surface area contributed by atoms with Gasteiger partial charge in [-0.25, -0.2) is 14.2 Å². The van der Waals surface area contributed by atoms with E-state index < -0.39 is 8.32 Å². The van der Waals surface area contributed by atoms with Crippen LogP contribution < -0.4 is 0 Å². The Kier molecular flexibility index (Phi) is 11.9. The maximum Gasteiger partial charge on any atom is 0.348 e. The summed E-state index contributed by atoms with van der Waals surface area (Å²) >= 11 is 4.30. The molecule has 0 bridgehead atoms. The Bertz CT molecular complexity index is 1490. The summed E-state index contributed by atoms with van der Waals surface area (Å²) in [5, 5.41) is 7.95. The number of thiophene rings is 2. The number of benzene rings is 1. The third-order valence-electron chi connectivity index (χ3n) is 8.08. The van der Waals surface area contributed by atoms with Gasteiger partial charge in [0, 0.05) is 47.6 Å². The quantitative estimate of drug-likeness (QED) is 0.117. The van der Waals surface area contributed by atoms with Gasteiger partial charge in [-0.05, 0) is 72.2 Å². The lowest BCUT2D eigenvalue weighted by Gasteiger charge is -2.41. The number of methoxy groups -OCH3 is 1. The molecule has 3 aromatic rings. The van der Waals surface area contributed by atoms with Crippen LogP contribution >= 0.6 is 34.4 Å². The second-order valence-electron chi connectivity index (χ2n) is 12.3. The molecular formula is C33H41FN2O4S3Si. The molecule has 0 N–H and O–H groups in total. The van der Waals surface area contributed by atoms with E-state index in [1.54, 1.807) is 17.4 Å². The number of amides is 1. The number of hydrazine groups is 1. The van der Waals surface area contributed by atoms with E-state index in [1.165, 1.54) is 36.3 Å². The lowest BCUT2D eigenvalue weighted by molar-refractivity contribution is 0.0161. The molecule has 236 valence electrons. The number of hydrogen-bond acceptors (Lipinski definition) is 8. The Balaban J connectivity index is 1.48. The van der Waals surface area contributed by atoms with Crippen LogP contribution in [0.1, 0.15) is 58.4 Å². The van der Waals surface area contributed by atoms with E-state index in [9.17, 15) is 14.0 Å². The van der Waals surface area contributed by atoms with Gasteiger partial charge in [0.05, 0.1) is 18.8 Å². The lowest BCUT2D eigenvalue weighted by Crippen LogP contribution is -2.51. The molecule has 1 unspecified atom stereocenters. The first-order chi connectivity index (χ1) is 20.9. The summed E-state index contributed by atoms with van der Waals surface area (Å²) in [6.07, 6.45) is 1.89. The Morgan fingerprint density at radius 2 is 1.93 bits per heavy atom. The molecule has 0 saturated carbocycles. The molecule has 1 saturated heterocycles. The molecule has 1 atom stereocenters. The zero-order valence-electron chi connectivity index (χ0n) is 26.3. The third kappa shape index (κ3) is 9.28. The average Bonchev–Trinajstić information content (AvgIpc) is 3.67. The maximum atomic E-state index is 14.7. The molecule has 1 fully saturated rings. The zero-order valence-corrected chi connectivity index (χ0v) is 29.7. The highest BCUT2D eigenvalue weighted by Gasteiger charge is 2.39. The van der Waals surface area contributed by atoms with Gasteiger partial charge in [-0.15, -0.1) is 11.3 Å². The van der Waals surface area contributed by atoms with Crippen molar-refractivity contribution in [2.45, 2.75) is 64.3 Å². The Morgan fingerprint density at radius 3 is 2.64 bits per heavy atom. The fourth-order valence-corrected chi connectivity index (χ4v) is 8.30. The molecule has 1 amide bonds. The van der Waals surface area contributed by atoms with Crippen LogP contribution in [0.15, 0.2) is 47.2 Å². The Labute approximate surface area is 274 Å². The summed E-state index contributed by atoms with van der Waals surface area (Å²) in [4.78, 5) is 26.5. The van der Waals surface area contributed by atoms with Crippen molar-refractivity contribution in [2.24, 2.45) is 0 Å². The average molecular weight is 673 g/mol. The first-order valence-electron chi connectivity index (χ1n) is 14.7. The second kappa shape index (κ2) is 15.2. The van der Waals surface area contributed by atoms with Gasteiger partial charge in [-0.3, -0.25) is 9.80 Å². The number of nitrogens with zero attached hydrogens (tertiary/aromatic N) is 2. The SMILES string of the molecule is COC(=O)c1ccc(CCN2C(=O)SCCN2CCC(Cc2ccc(F)c(C#Cc3ccsc3)c2)O[Si](C)(C)C(C)(C)C)s1. The number of rotatable bonds is 11. The van der Waals surface area contributed by atoms with Crippen LogP contribution in [0.2, 0.25) is 18.1 Å². The Morgan fingerprint density at radius 1 is 1.14 bits per heavy atom. The number of esters is 1. The van der Waals surface area contributed by atoms with Crippen molar-refractivity contribution in [1.29, 1.82) is 0 Å². The third-order valence-corrected chi connectivity index (χ3v) is 15.3. The van der Waals surface area contributed by atoms with Crippen molar-refractivity contribution in [3.63, 3.8) is 0 Å². The predicted molar refractivity (Wildman–Crippen MR) is 183 cm³/mol. The van der Waals surface area contributed by atoms with Gasteiger partial charge in [0.25, 0.3) is 5.24 Å². The van der Waals surface area contributed by atoms with Crippen molar-refractivity contribution in [1.82, 2.24) is 10.0 Å². The van der Waals surface area contributed by atoms with E-state index in [4.69, 9.17) is 9.16 Å². The van der Waals surface area contributed by atoms with Crippen LogP contribution in [0.4, 0.5) is 9.18 Å². The molecule has 0 spiro atoms. The molecule has 3 heterocycles. The molecule has 1 aromatic carbocycles. The first-order valence-corrected chi connectivity index (χ1v) is 20.4. The van der Waals surface area contributed by atoms with Gasteiger partial charge in [-0.1, -0.05) is 50.4 Å². The van der Waals surface area contributed by atoms with Gasteiger partial charge in [0.2, 0.25) is 0 Å². The largest absolute Gasteiger partial charge is 0.465 e. The normalized spacial score (nSPS) is 15.2. The van der Waals surface area contributed by atoms with Crippen LogP contribution in [-0.4, -0.2) is 68.1 Å². The minimum Gasteiger partial charge on any atom is -0.465 e. The van der Waals surface area contributed by atoms with Gasteiger partial charge in [0.1, 0.15) is 10.7 Å². The van der Waals surface area contributed by atoms with E-state index in [1.807, 2.05) is 40.0 Å². The smallest absolute Gasteiger partial charge is 0.348 e. The summed E-state index contributed by atoms with van der Waals surface area (Å²) in [5.41, 5.74) is 2.24. The van der Waals surface area contributed by atoms with E-state index >= 15 is 0 Å². The number of thioether (sulfide) groups is 1. The van der Waals surface area contributed by atoms with E-state index in [-0.39, 0.29) is 28.2 Å². The minimum atomic E-state index is -2.13. The number of hydrogen-bond donors (Lipinski definition) is 0. The number of ether oxygens (including phenoxy) is 1. The van der Waals surface area contributed by atoms with Crippen LogP contribution in [0, 0.1) is 17.7 Å². The number of carbonyl (C=O) groups excluding carboxylic acids is 2. The summed E-state index contributed by atoms with van der Waals surface area (Å²) in [5.74, 6) is 6.12. The highest BCUT2D eigenvalue weighted by Crippen LogP contribution is 2.38. The van der Waals surface area contributed by atoms with Crippen molar-refractivity contribution in [3.8, 4) is 11.8 Å². The van der Waals surface area contributed by atoms with Gasteiger partial charge in [-0.2, -0.15) is 11.3 Å². The number of carbonyl (C=O) groups is 2. The fourth-order valence-electron chi connectivity index (χ4n) is 4.58. The molecule has 1 aliphatic rings. The lowest BCUT2D eigenvalue weighted by atomic mass is 10.0.